The smallest absolute Gasteiger partial charge is 0.138 e. The van der Waals surface area contributed by atoms with Crippen molar-refractivity contribution in [1.29, 1.82) is 0 Å². The summed E-state index contributed by atoms with van der Waals surface area (Å²) in [4.78, 5) is 2.27. The van der Waals surface area contributed by atoms with Crippen LogP contribution in [0, 0.1) is 0 Å². The van der Waals surface area contributed by atoms with E-state index < -0.39 is 11.7 Å². The number of methoxy groups -OCH3 is 1. The highest BCUT2D eigenvalue weighted by Crippen LogP contribution is 2.35. The van der Waals surface area contributed by atoms with Gasteiger partial charge < -0.3 is 14.9 Å². The predicted octanol–water partition coefficient (Wildman–Crippen LogP) is 5.42. The number of rotatable bonds is 6. The van der Waals surface area contributed by atoms with E-state index in [0.717, 1.165) is 35.0 Å². The number of nitrogens with zero attached hydrogens (tertiary/aromatic N) is 1. The summed E-state index contributed by atoms with van der Waals surface area (Å²) in [5, 5.41) is 24.6. The van der Waals surface area contributed by atoms with E-state index in [1.54, 1.807) is 7.11 Å². The highest BCUT2D eigenvalue weighted by atomic mass is 35.5. The standard InChI is InChI=1S/C26H30ClNO3.ClH/c1-18(28-14-12-26(30,13-15-28)17-19-6-4-3-5-7-19)25(29)21-8-10-22-20(16-21)9-11-23(31-2)24(22)27;/h3-11,16,18,25,29-30H,12-15,17H2,1-2H3;1H/t18-,25-;/m0./s1. The third kappa shape index (κ3) is 5.22. The van der Waals surface area contributed by atoms with Crippen LogP contribution in [0.1, 0.15) is 37.0 Å². The molecular formula is C26H31Cl2NO3. The van der Waals surface area contributed by atoms with Crippen molar-refractivity contribution >= 4 is 34.8 Å². The SMILES string of the molecule is COc1ccc2cc([C@@H](O)[C@H](C)N3CCC(O)(Cc4ccccc4)CC3)ccc2c1Cl.Cl. The molecule has 4 nitrogen and oxygen atoms in total. The lowest BCUT2D eigenvalue weighted by molar-refractivity contribution is -0.0456. The molecule has 2 atom stereocenters. The molecule has 0 aromatic heterocycles. The van der Waals surface area contributed by atoms with Crippen LogP contribution in [0.2, 0.25) is 5.02 Å². The predicted molar refractivity (Wildman–Crippen MR) is 133 cm³/mol. The molecule has 2 N–H and O–H groups in total. The molecule has 32 heavy (non-hydrogen) atoms. The van der Waals surface area contributed by atoms with Gasteiger partial charge in [0, 0.05) is 30.9 Å². The van der Waals surface area contributed by atoms with Gasteiger partial charge in [0.1, 0.15) is 5.75 Å². The second-order valence-corrected chi connectivity index (χ2v) is 9.05. The molecule has 4 rings (SSSR count). The molecule has 1 heterocycles. The lowest BCUT2D eigenvalue weighted by atomic mass is 9.84. The van der Waals surface area contributed by atoms with Crippen LogP contribution in [0.5, 0.6) is 5.75 Å². The van der Waals surface area contributed by atoms with E-state index in [-0.39, 0.29) is 18.4 Å². The monoisotopic (exact) mass is 475 g/mol. The summed E-state index contributed by atoms with van der Waals surface area (Å²) >= 11 is 6.42. The van der Waals surface area contributed by atoms with Crippen LogP contribution >= 0.6 is 24.0 Å². The molecular weight excluding hydrogens is 445 g/mol. The number of aliphatic hydroxyl groups excluding tert-OH is 1. The minimum Gasteiger partial charge on any atom is -0.495 e. The molecule has 0 aliphatic carbocycles. The molecule has 1 saturated heterocycles. The zero-order valence-corrected chi connectivity index (χ0v) is 20.1. The van der Waals surface area contributed by atoms with Crippen molar-refractivity contribution in [1.82, 2.24) is 4.90 Å². The number of fused-ring (bicyclic) bond motifs is 1. The van der Waals surface area contributed by atoms with Crippen molar-refractivity contribution in [3.63, 3.8) is 0 Å². The summed E-state index contributed by atoms with van der Waals surface area (Å²) in [7, 11) is 1.60. The van der Waals surface area contributed by atoms with E-state index >= 15 is 0 Å². The Morgan fingerprint density at radius 3 is 2.41 bits per heavy atom. The van der Waals surface area contributed by atoms with Crippen molar-refractivity contribution in [3.8, 4) is 5.75 Å². The fraction of sp³-hybridized carbons (Fsp3) is 0.385. The molecule has 0 saturated carbocycles. The second-order valence-electron chi connectivity index (χ2n) is 8.67. The zero-order valence-electron chi connectivity index (χ0n) is 18.5. The van der Waals surface area contributed by atoms with E-state index in [9.17, 15) is 10.2 Å². The Hall–Kier alpha value is -1.82. The molecule has 0 amide bonds. The van der Waals surface area contributed by atoms with E-state index in [2.05, 4.69) is 24.0 Å². The van der Waals surface area contributed by atoms with Gasteiger partial charge in [-0.15, -0.1) is 12.4 Å². The third-order valence-electron chi connectivity index (χ3n) is 6.64. The molecule has 6 heteroatoms. The summed E-state index contributed by atoms with van der Waals surface area (Å²) in [6.07, 6.45) is 1.46. The normalized spacial score (nSPS) is 18.0. The van der Waals surface area contributed by atoms with E-state index in [1.165, 1.54) is 0 Å². The van der Waals surface area contributed by atoms with Gasteiger partial charge in [0.05, 0.1) is 23.8 Å². The van der Waals surface area contributed by atoms with Crippen LogP contribution in [-0.2, 0) is 6.42 Å². The maximum Gasteiger partial charge on any atom is 0.138 e. The minimum absolute atomic E-state index is 0. The molecule has 172 valence electrons. The summed E-state index contributed by atoms with van der Waals surface area (Å²) in [5.41, 5.74) is 1.35. The Morgan fingerprint density at radius 2 is 1.75 bits per heavy atom. The number of piperidine rings is 1. The molecule has 3 aromatic rings. The average Bonchev–Trinajstić information content (AvgIpc) is 2.79. The van der Waals surface area contributed by atoms with Gasteiger partial charge in [0.15, 0.2) is 0 Å². The first-order valence-corrected chi connectivity index (χ1v) is 11.2. The van der Waals surface area contributed by atoms with Crippen LogP contribution in [0.15, 0.2) is 60.7 Å². The molecule has 1 fully saturated rings. The number of hydrogen-bond donors (Lipinski definition) is 2. The number of aliphatic hydroxyl groups is 2. The van der Waals surface area contributed by atoms with Crippen LogP contribution < -0.4 is 4.74 Å². The van der Waals surface area contributed by atoms with E-state index in [4.69, 9.17) is 16.3 Å². The Labute approximate surface area is 201 Å². The first-order valence-electron chi connectivity index (χ1n) is 10.8. The van der Waals surface area contributed by atoms with Gasteiger partial charge in [-0.2, -0.15) is 0 Å². The first kappa shape index (κ1) is 24.8. The Morgan fingerprint density at radius 1 is 1.06 bits per heavy atom. The minimum atomic E-state index is -0.679. The Balaban J connectivity index is 0.00000289. The summed E-state index contributed by atoms with van der Waals surface area (Å²) in [6, 6.07) is 19.8. The van der Waals surface area contributed by atoms with Gasteiger partial charge in [0.25, 0.3) is 0 Å². The van der Waals surface area contributed by atoms with Crippen molar-refractivity contribution in [2.24, 2.45) is 0 Å². The van der Waals surface area contributed by atoms with E-state index in [0.29, 0.717) is 30.0 Å². The molecule has 0 radical (unpaired) electrons. The topological polar surface area (TPSA) is 52.9 Å². The molecule has 1 aliphatic rings. The average molecular weight is 476 g/mol. The van der Waals surface area contributed by atoms with Gasteiger partial charge >= 0.3 is 0 Å². The van der Waals surface area contributed by atoms with Gasteiger partial charge in [-0.3, -0.25) is 4.90 Å². The molecule has 0 unspecified atom stereocenters. The van der Waals surface area contributed by atoms with Gasteiger partial charge in [-0.05, 0) is 48.4 Å². The molecule has 3 aromatic carbocycles. The highest BCUT2D eigenvalue weighted by Gasteiger charge is 2.35. The molecule has 1 aliphatic heterocycles. The maximum absolute atomic E-state index is 11.1. The highest BCUT2D eigenvalue weighted by molar-refractivity contribution is 6.37. The van der Waals surface area contributed by atoms with Gasteiger partial charge in [0.2, 0.25) is 0 Å². The fourth-order valence-corrected chi connectivity index (χ4v) is 4.92. The largest absolute Gasteiger partial charge is 0.495 e. The summed E-state index contributed by atoms with van der Waals surface area (Å²) in [6.45, 7) is 3.58. The van der Waals surface area contributed by atoms with Crippen molar-refractivity contribution in [2.75, 3.05) is 20.2 Å². The summed E-state index contributed by atoms with van der Waals surface area (Å²) in [5.74, 6) is 0.645. The van der Waals surface area contributed by atoms with Crippen molar-refractivity contribution < 1.29 is 14.9 Å². The quantitative estimate of drug-likeness (QED) is 0.499. The van der Waals surface area contributed by atoms with Crippen LogP contribution in [0.3, 0.4) is 0 Å². The molecule has 0 bridgehead atoms. The number of likely N-dealkylation sites (tertiary alicyclic amines) is 1. The first-order chi connectivity index (χ1) is 14.9. The number of benzene rings is 3. The number of hydrogen-bond acceptors (Lipinski definition) is 4. The lowest BCUT2D eigenvalue weighted by Crippen LogP contribution is -2.49. The van der Waals surface area contributed by atoms with Crippen LogP contribution in [-0.4, -0.2) is 47.0 Å². The Bertz CT molecular complexity index is 1040. The third-order valence-corrected chi connectivity index (χ3v) is 7.03. The van der Waals surface area contributed by atoms with Crippen LogP contribution in [0.4, 0.5) is 0 Å². The second kappa shape index (κ2) is 10.4. The van der Waals surface area contributed by atoms with Gasteiger partial charge in [-0.1, -0.05) is 60.1 Å². The molecule has 0 spiro atoms. The fourth-order valence-electron chi connectivity index (χ4n) is 4.61. The van der Waals surface area contributed by atoms with Crippen molar-refractivity contribution in [3.05, 3.63) is 76.8 Å². The van der Waals surface area contributed by atoms with Gasteiger partial charge in [-0.25, -0.2) is 0 Å². The summed E-state index contributed by atoms with van der Waals surface area (Å²) < 4.78 is 5.29. The number of halogens is 2. The van der Waals surface area contributed by atoms with E-state index in [1.807, 2.05) is 48.5 Å². The maximum atomic E-state index is 11.1. The number of ether oxygens (including phenoxy) is 1. The van der Waals surface area contributed by atoms with Crippen LogP contribution in [0.25, 0.3) is 10.8 Å². The van der Waals surface area contributed by atoms with Crippen molar-refractivity contribution in [2.45, 2.75) is 43.9 Å². The zero-order chi connectivity index (χ0) is 22.0. The lowest BCUT2D eigenvalue weighted by Gasteiger charge is -2.42. The Kier molecular flexibility index (Phi) is 8.07.